The minimum absolute atomic E-state index is 0.880. The molecule has 24 heavy (non-hydrogen) atoms. The zero-order valence-corrected chi connectivity index (χ0v) is 14.6. The smallest absolute Gasteiger partial charge is 0.227 e. The molecule has 4 rings (SSSR count). The van der Waals surface area contributed by atoms with Crippen LogP contribution in [-0.2, 0) is 0 Å². The highest BCUT2D eigenvalue weighted by molar-refractivity contribution is 5.92. The Hall–Kier alpha value is -2.08. The van der Waals surface area contributed by atoms with Crippen LogP contribution in [0.1, 0.15) is 12.8 Å². The lowest BCUT2D eigenvalue weighted by Crippen LogP contribution is -2.45. The van der Waals surface area contributed by atoms with Gasteiger partial charge in [0, 0.05) is 57.4 Å². The van der Waals surface area contributed by atoms with Gasteiger partial charge in [0.05, 0.1) is 5.52 Å². The average molecular weight is 326 g/mol. The Kier molecular flexibility index (Phi) is 4.14. The standard InChI is InChI=1S/C18H26N6/c1-19-14-5-6-15-16(13-14)20-18(24-11-9-22(2)10-12-24)21-17(15)23-7-3-4-8-23/h5-6,13,19H,3-4,7-12H2,1-2H3. The summed E-state index contributed by atoms with van der Waals surface area (Å²) >= 11 is 0. The van der Waals surface area contributed by atoms with Crippen LogP contribution in [0.5, 0.6) is 0 Å². The zero-order chi connectivity index (χ0) is 16.5. The van der Waals surface area contributed by atoms with E-state index in [1.165, 1.54) is 12.8 Å². The molecule has 2 aliphatic heterocycles. The lowest BCUT2D eigenvalue weighted by molar-refractivity contribution is 0.311. The highest BCUT2D eigenvalue weighted by Gasteiger charge is 2.22. The predicted molar refractivity (Wildman–Crippen MR) is 100 cm³/mol. The fourth-order valence-electron chi connectivity index (χ4n) is 3.57. The Balaban J connectivity index is 1.78. The summed E-state index contributed by atoms with van der Waals surface area (Å²) in [6, 6.07) is 6.40. The van der Waals surface area contributed by atoms with Gasteiger partial charge in [-0.15, -0.1) is 0 Å². The molecule has 128 valence electrons. The minimum atomic E-state index is 0.880. The second-order valence-corrected chi connectivity index (χ2v) is 6.81. The SMILES string of the molecule is CNc1ccc2c(N3CCCC3)nc(N3CCN(C)CC3)nc2c1. The van der Waals surface area contributed by atoms with E-state index in [9.17, 15) is 0 Å². The summed E-state index contributed by atoms with van der Waals surface area (Å²) in [6.07, 6.45) is 2.51. The van der Waals surface area contributed by atoms with E-state index in [2.05, 4.69) is 45.3 Å². The molecule has 1 N–H and O–H groups in total. The first-order valence-corrected chi connectivity index (χ1v) is 8.92. The van der Waals surface area contributed by atoms with Crippen molar-refractivity contribution in [3.8, 4) is 0 Å². The van der Waals surface area contributed by atoms with Gasteiger partial charge in [-0.2, -0.15) is 4.98 Å². The highest BCUT2D eigenvalue weighted by Crippen LogP contribution is 2.30. The largest absolute Gasteiger partial charge is 0.388 e. The highest BCUT2D eigenvalue weighted by atomic mass is 15.3. The molecule has 0 atom stereocenters. The van der Waals surface area contributed by atoms with Crippen LogP contribution < -0.4 is 15.1 Å². The molecular formula is C18H26N6. The van der Waals surface area contributed by atoms with Gasteiger partial charge in [-0.3, -0.25) is 0 Å². The number of likely N-dealkylation sites (N-methyl/N-ethyl adjacent to an activating group) is 1. The molecule has 1 aromatic heterocycles. The van der Waals surface area contributed by atoms with Crippen molar-refractivity contribution in [2.24, 2.45) is 0 Å². The second kappa shape index (κ2) is 6.43. The lowest BCUT2D eigenvalue weighted by atomic mass is 10.2. The number of aromatic nitrogens is 2. The van der Waals surface area contributed by atoms with E-state index >= 15 is 0 Å². The summed E-state index contributed by atoms with van der Waals surface area (Å²) < 4.78 is 0. The van der Waals surface area contributed by atoms with Crippen LogP contribution >= 0.6 is 0 Å². The maximum absolute atomic E-state index is 4.99. The number of anilines is 3. The van der Waals surface area contributed by atoms with Crippen molar-refractivity contribution in [1.82, 2.24) is 14.9 Å². The van der Waals surface area contributed by atoms with Gasteiger partial charge < -0.3 is 20.0 Å². The van der Waals surface area contributed by atoms with E-state index < -0.39 is 0 Å². The van der Waals surface area contributed by atoms with Gasteiger partial charge in [0.25, 0.3) is 0 Å². The number of nitrogens with one attached hydrogen (secondary N) is 1. The molecule has 0 saturated carbocycles. The van der Waals surface area contributed by atoms with Gasteiger partial charge in [0.1, 0.15) is 5.82 Å². The molecule has 0 amide bonds. The molecule has 2 aliphatic rings. The number of hydrogen-bond donors (Lipinski definition) is 1. The quantitative estimate of drug-likeness (QED) is 0.931. The topological polar surface area (TPSA) is 47.5 Å². The molecule has 0 unspecified atom stereocenters. The second-order valence-electron chi connectivity index (χ2n) is 6.81. The summed E-state index contributed by atoms with van der Waals surface area (Å²) in [6.45, 7) is 6.32. The first-order chi connectivity index (χ1) is 11.7. The number of rotatable bonds is 3. The predicted octanol–water partition coefficient (Wildman–Crippen LogP) is 2.02. The molecule has 0 aliphatic carbocycles. The summed E-state index contributed by atoms with van der Waals surface area (Å²) in [7, 11) is 4.12. The van der Waals surface area contributed by atoms with Gasteiger partial charge in [0.15, 0.2) is 0 Å². The molecule has 2 saturated heterocycles. The fraction of sp³-hybridized carbons (Fsp3) is 0.556. The number of fused-ring (bicyclic) bond motifs is 1. The zero-order valence-electron chi connectivity index (χ0n) is 14.6. The number of hydrogen-bond acceptors (Lipinski definition) is 6. The van der Waals surface area contributed by atoms with Crippen molar-refractivity contribution in [2.75, 3.05) is 68.5 Å². The van der Waals surface area contributed by atoms with Crippen LogP contribution in [0, 0.1) is 0 Å². The summed E-state index contributed by atoms with van der Waals surface area (Å²) in [5.74, 6) is 1.99. The summed E-state index contributed by atoms with van der Waals surface area (Å²) in [4.78, 5) is 17.0. The lowest BCUT2D eigenvalue weighted by Gasteiger charge is -2.33. The van der Waals surface area contributed by atoms with Crippen molar-refractivity contribution in [3.05, 3.63) is 18.2 Å². The van der Waals surface area contributed by atoms with E-state index in [4.69, 9.17) is 9.97 Å². The number of nitrogens with zero attached hydrogens (tertiary/aromatic N) is 5. The molecule has 2 aromatic rings. The normalized spacial score (nSPS) is 19.2. The Bertz CT molecular complexity index is 717. The van der Waals surface area contributed by atoms with E-state index in [-0.39, 0.29) is 0 Å². The first-order valence-electron chi connectivity index (χ1n) is 8.92. The number of piperazine rings is 1. The fourth-order valence-corrected chi connectivity index (χ4v) is 3.57. The third kappa shape index (κ3) is 2.86. The molecule has 6 nitrogen and oxygen atoms in total. The first kappa shape index (κ1) is 15.4. The molecular weight excluding hydrogens is 300 g/mol. The summed E-state index contributed by atoms with van der Waals surface area (Å²) in [5, 5.41) is 4.38. The van der Waals surface area contributed by atoms with Crippen LogP contribution in [0.4, 0.5) is 17.5 Å². The van der Waals surface area contributed by atoms with E-state index in [1.54, 1.807) is 0 Å². The monoisotopic (exact) mass is 326 g/mol. The Morgan fingerprint density at radius 3 is 2.38 bits per heavy atom. The third-order valence-electron chi connectivity index (χ3n) is 5.15. The van der Waals surface area contributed by atoms with Crippen molar-refractivity contribution >= 4 is 28.4 Å². The molecule has 0 radical (unpaired) electrons. The van der Waals surface area contributed by atoms with Gasteiger partial charge in [-0.25, -0.2) is 4.98 Å². The van der Waals surface area contributed by atoms with E-state index in [0.717, 1.165) is 67.6 Å². The molecule has 0 spiro atoms. The van der Waals surface area contributed by atoms with E-state index in [0.29, 0.717) is 0 Å². The molecule has 0 bridgehead atoms. The Labute approximate surface area is 143 Å². The average Bonchev–Trinajstić information content (AvgIpc) is 3.15. The van der Waals surface area contributed by atoms with Crippen LogP contribution in [0.2, 0.25) is 0 Å². The maximum atomic E-state index is 4.99. The van der Waals surface area contributed by atoms with Gasteiger partial charge >= 0.3 is 0 Å². The third-order valence-corrected chi connectivity index (χ3v) is 5.15. The molecule has 1 aromatic carbocycles. The maximum Gasteiger partial charge on any atom is 0.227 e. The van der Waals surface area contributed by atoms with Crippen molar-refractivity contribution < 1.29 is 0 Å². The number of benzene rings is 1. The Morgan fingerprint density at radius 1 is 0.917 bits per heavy atom. The van der Waals surface area contributed by atoms with Crippen LogP contribution in [0.3, 0.4) is 0 Å². The Morgan fingerprint density at radius 2 is 1.67 bits per heavy atom. The molecule has 3 heterocycles. The van der Waals surface area contributed by atoms with E-state index in [1.807, 2.05) is 7.05 Å². The van der Waals surface area contributed by atoms with Gasteiger partial charge in [0.2, 0.25) is 5.95 Å². The molecule has 2 fully saturated rings. The van der Waals surface area contributed by atoms with Gasteiger partial charge in [-0.1, -0.05) is 0 Å². The van der Waals surface area contributed by atoms with Crippen LogP contribution in [0.15, 0.2) is 18.2 Å². The van der Waals surface area contributed by atoms with Gasteiger partial charge in [-0.05, 0) is 38.1 Å². The van der Waals surface area contributed by atoms with Crippen LogP contribution in [-0.4, -0.2) is 68.2 Å². The van der Waals surface area contributed by atoms with Crippen molar-refractivity contribution in [2.45, 2.75) is 12.8 Å². The van der Waals surface area contributed by atoms with Crippen LogP contribution in [0.25, 0.3) is 10.9 Å². The van der Waals surface area contributed by atoms with Crippen molar-refractivity contribution in [1.29, 1.82) is 0 Å². The minimum Gasteiger partial charge on any atom is -0.388 e. The van der Waals surface area contributed by atoms with Crippen molar-refractivity contribution in [3.63, 3.8) is 0 Å². The molecule has 6 heteroatoms. The summed E-state index contributed by atoms with van der Waals surface area (Å²) in [5.41, 5.74) is 2.13.